The Morgan fingerprint density at radius 1 is 1.17 bits per heavy atom. The molecule has 1 atom stereocenters. The molecule has 2 rings (SSSR count). The van der Waals surface area contributed by atoms with Crippen LogP contribution in [0.5, 0.6) is 5.75 Å². The highest BCUT2D eigenvalue weighted by molar-refractivity contribution is 6.30. The van der Waals surface area contributed by atoms with Gasteiger partial charge in [-0.1, -0.05) is 29.8 Å². The summed E-state index contributed by atoms with van der Waals surface area (Å²) < 4.78 is 5.64. The van der Waals surface area contributed by atoms with E-state index >= 15 is 0 Å². The maximum atomic E-state index is 12.1. The molecule has 0 aromatic heterocycles. The van der Waals surface area contributed by atoms with Crippen molar-refractivity contribution in [1.82, 2.24) is 0 Å². The molecule has 0 aliphatic rings. The predicted molar refractivity (Wildman–Crippen MR) is 93.4 cm³/mol. The fraction of sp³-hybridized carbons (Fsp3) is 0.278. The molecule has 122 valence electrons. The zero-order valence-electron chi connectivity index (χ0n) is 13.4. The number of aryl methyl sites for hydroxylation is 1. The van der Waals surface area contributed by atoms with Crippen LogP contribution in [-0.4, -0.2) is 32.7 Å². The molecule has 0 bridgehead atoms. The molecule has 1 amide bonds. The molecule has 0 fully saturated rings. The Balaban J connectivity index is 1.71. The third-order valence-electron chi connectivity index (χ3n) is 3.49. The van der Waals surface area contributed by atoms with E-state index < -0.39 is 0 Å². The van der Waals surface area contributed by atoms with Crippen LogP contribution in [0.4, 0.5) is 5.69 Å². The number of carbonyl (C=O) groups excluding carboxylic acids is 1. The van der Waals surface area contributed by atoms with Crippen LogP contribution in [-0.2, 0) is 4.79 Å². The number of benzene rings is 2. The summed E-state index contributed by atoms with van der Waals surface area (Å²) in [6, 6.07) is 15.0. The van der Waals surface area contributed by atoms with Gasteiger partial charge in [-0.05, 0) is 42.8 Å². The van der Waals surface area contributed by atoms with Gasteiger partial charge < -0.3 is 15.0 Å². The zero-order valence-corrected chi connectivity index (χ0v) is 14.2. The number of para-hydroxylation sites is 1. The molecule has 4 nitrogen and oxygen atoms in total. The smallest absolute Gasteiger partial charge is 0.279 e. The average molecular weight is 334 g/mol. The molecule has 0 radical (unpaired) electrons. The van der Waals surface area contributed by atoms with Crippen LogP contribution in [0.25, 0.3) is 0 Å². The first-order valence-electron chi connectivity index (χ1n) is 7.60. The Morgan fingerprint density at radius 3 is 2.57 bits per heavy atom. The lowest BCUT2D eigenvalue weighted by molar-refractivity contribution is -0.871. The number of nitrogens with one attached hydrogen (secondary N) is 2. The van der Waals surface area contributed by atoms with Gasteiger partial charge in [0.2, 0.25) is 0 Å². The van der Waals surface area contributed by atoms with Gasteiger partial charge in [-0.2, -0.15) is 0 Å². The van der Waals surface area contributed by atoms with E-state index in [4.69, 9.17) is 16.3 Å². The Labute approximate surface area is 142 Å². The van der Waals surface area contributed by atoms with Crippen molar-refractivity contribution < 1.29 is 14.4 Å². The number of carbonyl (C=O) groups is 1. The van der Waals surface area contributed by atoms with Gasteiger partial charge in [-0.3, -0.25) is 4.79 Å². The number of rotatable bonds is 7. The lowest BCUT2D eigenvalue weighted by atomic mass is 10.2. The topological polar surface area (TPSA) is 42.8 Å². The lowest BCUT2D eigenvalue weighted by Crippen LogP contribution is -3.10. The first-order valence-corrected chi connectivity index (χ1v) is 7.97. The van der Waals surface area contributed by atoms with E-state index in [1.807, 2.05) is 50.4 Å². The van der Waals surface area contributed by atoms with Crippen molar-refractivity contribution in [2.75, 3.05) is 32.1 Å². The van der Waals surface area contributed by atoms with Crippen molar-refractivity contribution in [3.05, 3.63) is 59.1 Å². The van der Waals surface area contributed by atoms with E-state index in [2.05, 4.69) is 5.32 Å². The predicted octanol–water partition coefficient (Wildman–Crippen LogP) is 2.18. The van der Waals surface area contributed by atoms with Crippen LogP contribution in [0.15, 0.2) is 48.5 Å². The number of quaternary nitrogens is 1. The zero-order chi connectivity index (χ0) is 16.7. The van der Waals surface area contributed by atoms with Gasteiger partial charge in [-0.25, -0.2) is 0 Å². The van der Waals surface area contributed by atoms with Crippen LogP contribution >= 0.6 is 11.6 Å². The lowest BCUT2D eigenvalue weighted by Gasteiger charge is -2.15. The third-order valence-corrected chi connectivity index (χ3v) is 3.74. The van der Waals surface area contributed by atoms with Gasteiger partial charge in [0.1, 0.15) is 18.9 Å². The van der Waals surface area contributed by atoms with Gasteiger partial charge in [-0.15, -0.1) is 0 Å². The number of halogens is 1. The van der Waals surface area contributed by atoms with Crippen LogP contribution in [0.2, 0.25) is 5.02 Å². The standard InChI is InChI=1S/C18H21ClN2O2/c1-14-5-3-4-6-17(14)20-18(22)13-21(2)11-12-23-16-9-7-15(19)8-10-16/h3-10H,11-13H2,1-2H3,(H,20,22)/p+1. The summed E-state index contributed by atoms with van der Waals surface area (Å²) >= 11 is 5.83. The first-order chi connectivity index (χ1) is 11.0. The molecule has 2 N–H and O–H groups in total. The van der Waals surface area contributed by atoms with Crippen molar-refractivity contribution in [2.45, 2.75) is 6.92 Å². The number of hydrogen-bond acceptors (Lipinski definition) is 2. The highest BCUT2D eigenvalue weighted by atomic mass is 35.5. The molecule has 0 spiro atoms. The normalized spacial score (nSPS) is 11.8. The molecule has 0 aliphatic heterocycles. The minimum Gasteiger partial charge on any atom is -0.488 e. The Hall–Kier alpha value is -2.04. The minimum absolute atomic E-state index is 0.00305. The molecular weight excluding hydrogens is 312 g/mol. The minimum atomic E-state index is 0.00305. The second-order valence-electron chi connectivity index (χ2n) is 5.55. The monoisotopic (exact) mass is 333 g/mol. The fourth-order valence-corrected chi connectivity index (χ4v) is 2.27. The van der Waals surface area contributed by atoms with Crippen LogP contribution in [0.1, 0.15) is 5.56 Å². The summed E-state index contributed by atoms with van der Waals surface area (Å²) in [5.74, 6) is 0.787. The number of hydrogen-bond donors (Lipinski definition) is 2. The van der Waals surface area contributed by atoms with Crippen LogP contribution in [0, 0.1) is 6.92 Å². The quantitative estimate of drug-likeness (QED) is 0.815. The molecule has 0 heterocycles. The van der Waals surface area contributed by atoms with E-state index in [-0.39, 0.29) is 5.91 Å². The Kier molecular flexibility index (Phi) is 6.44. The Morgan fingerprint density at radius 2 is 1.87 bits per heavy atom. The summed E-state index contributed by atoms with van der Waals surface area (Å²) in [7, 11) is 1.97. The number of amides is 1. The molecular formula is C18H22ClN2O2+. The van der Waals surface area contributed by atoms with Gasteiger partial charge >= 0.3 is 0 Å². The van der Waals surface area contributed by atoms with E-state index in [1.165, 1.54) is 0 Å². The molecule has 0 saturated heterocycles. The summed E-state index contributed by atoms with van der Waals surface area (Å²) in [5, 5.41) is 3.63. The van der Waals surface area contributed by atoms with Crippen molar-refractivity contribution in [2.24, 2.45) is 0 Å². The molecule has 2 aromatic carbocycles. The largest absolute Gasteiger partial charge is 0.488 e. The summed E-state index contributed by atoms with van der Waals surface area (Å²) in [5.41, 5.74) is 1.92. The maximum absolute atomic E-state index is 12.1. The second-order valence-corrected chi connectivity index (χ2v) is 5.99. The van der Waals surface area contributed by atoms with Gasteiger partial charge in [0.15, 0.2) is 6.54 Å². The number of likely N-dealkylation sites (N-methyl/N-ethyl adjacent to an activating group) is 1. The number of anilines is 1. The molecule has 2 aromatic rings. The van der Waals surface area contributed by atoms with E-state index in [1.54, 1.807) is 12.1 Å². The second kappa shape index (κ2) is 8.56. The van der Waals surface area contributed by atoms with Crippen molar-refractivity contribution in [1.29, 1.82) is 0 Å². The van der Waals surface area contributed by atoms with Crippen molar-refractivity contribution in [3.63, 3.8) is 0 Å². The van der Waals surface area contributed by atoms with Crippen molar-refractivity contribution >= 4 is 23.2 Å². The van der Waals surface area contributed by atoms with Crippen LogP contribution in [0.3, 0.4) is 0 Å². The SMILES string of the molecule is Cc1ccccc1NC(=O)C[NH+](C)CCOc1ccc(Cl)cc1. The molecule has 0 aliphatic carbocycles. The van der Waals surface area contributed by atoms with Crippen LogP contribution < -0.4 is 15.0 Å². The molecule has 0 saturated carbocycles. The highest BCUT2D eigenvalue weighted by Crippen LogP contribution is 2.15. The van der Waals surface area contributed by atoms with Gasteiger partial charge in [0.05, 0.1) is 7.05 Å². The summed E-state index contributed by atoms with van der Waals surface area (Å²) in [6.07, 6.45) is 0. The van der Waals surface area contributed by atoms with E-state index in [0.29, 0.717) is 18.2 Å². The third kappa shape index (κ3) is 5.93. The van der Waals surface area contributed by atoms with E-state index in [9.17, 15) is 4.79 Å². The van der Waals surface area contributed by atoms with E-state index in [0.717, 1.165) is 28.4 Å². The first kappa shape index (κ1) is 17.3. The molecule has 5 heteroatoms. The maximum Gasteiger partial charge on any atom is 0.279 e. The fourth-order valence-electron chi connectivity index (χ4n) is 2.14. The average Bonchev–Trinajstić information content (AvgIpc) is 2.51. The summed E-state index contributed by atoms with van der Waals surface area (Å²) in [4.78, 5) is 13.1. The number of ether oxygens (including phenoxy) is 1. The van der Waals surface area contributed by atoms with Crippen molar-refractivity contribution in [3.8, 4) is 5.75 Å². The van der Waals surface area contributed by atoms with Gasteiger partial charge in [0, 0.05) is 10.7 Å². The molecule has 1 unspecified atom stereocenters. The van der Waals surface area contributed by atoms with Gasteiger partial charge in [0.25, 0.3) is 5.91 Å². The summed E-state index contributed by atoms with van der Waals surface area (Å²) in [6.45, 7) is 3.67. The highest BCUT2D eigenvalue weighted by Gasteiger charge is 2.11. The molecule has 23 heavy (non-hydrogen) atoms. The Bertz CT molecular complexity index is 644.